The molecule has 0 N–H and O–H groups in total. The van der Waals surface area contributed by atoms with Gasteiger partial charge in [-0.1, -0.05) is 48.5 Å². The third kappa shape index (κ3) is 3.79. The van der Waals surface area contributed by atoms with Crippen LogP contribution in [0.3, 0.4) is 0 Å². The maximum Gasteiger partial charge on any atom is 0.417 e. The van der Waals surface area contributed by atoms with Gasteiger partial charge in [-0.15, -0.1) is 11.8 Å². The second-order valence-corrected chi connectivity index (χ2v) is 7.12. The standard InChI is InChI=1S/C19H19NO3S/c1-14(24-17-10-6-3-7-11-17)18(21)20-16(13-23-19(20)22)12-15-8-4-2-5-9-15/h2-11,14,16H,12-13H2,1H3/t14?,16-/m0/s1. The second-order valence-electron chi connectivity index (χ2n) is 5.70. The van der Waals surface area contributed by atoms with E-state index in [0.717, 1.165) is 10.5 Å². The van der Waals surface area contributed by atoms with E-state index in [2.05, 4.69) is 0 Å². The minimum absolute atomic E-state index is 0.202. The van der Waals surface area contributed by atoms with Gasteiger partial charge in [0.25, 0.3) is 0 Å². The van der Waals surface area contributed by atoms with Gasteiger partial charge in [-0.3, -0.25) is 4.79 Å². The van der Waals surface area contributed by atoms with Crippen molar-refractivity contribution in [2.45, 2.75) is 29.5 Å². The normalized spacial score (nSPS) is 18.3. The molecule has 1 fully saturated rings. The maximum atomic E-state index is 12.8. The second kappa shape index (κ2) is 7.53. The molecule has 1 unspecified atom stereocenters. The van der Waals surface area contributed by atoms with E-state index in [1.165, 1.54) is 16.7 Å². The smallest absolute Gasteiger partial charge is 0.417 e. The van der Waals surface area contributed by atoms with Crippen LogP contribution in [0.1, 0.15) is 12.5 Å². The molecule has 1 aliphatic heterocycles. The van der Waals surface area contributed by atoms with Crippen LogP contribution < -0.4 is 0 Å². The number of cyclic esters (lactones) is 1. The average molecular weight is 341 g/mol. The van der Waals surface area contributed by atoms with E-state index in [-0.39, 0.29) is 23.8 Å². The fraction of sp³-hybridized carbons (Fsp3) is 0.263. The van der Waals surface area contributed by atoms with Crippen LogP contribution in [0.5, 0.6) is 0 Å². The Labute approximate surface area is 145 Å². The lowest BCUT2D eigenvalue weighted by atomic mass is 10.1. The fourth-order valence-corrected chi connectivity index (χ4v) is 3.65. The predicted octanol–water partition coefficient (Wildman–Crippen LogP) is 3.76. The van der Waals surface area contributed by atoms with Crippen molar-refractivity contribution in [2.24, 2.45) is 0 Å². The predicted molar refractivity (Wildman–Crippen MR) is 93.9 cm³/mol. The first-order valence-corrected chi connectivity index (χ1v) is 8.78. The molecule has 5 heteroatoms. The van der Waals surface area contributed by atoms with E-state index in [1.54, 1.807) is 0 Å². The molecule has 0 aliphatic carbocycles. The van der Waals surface area contributed by atoms with E-state index in [9.17, 15) is 9.59 Å². The minimum atomic E-state index is -0.540. The van der Waals surface area contributed by atoms with Crippen molar-refractivity contribution in [1.29, 1.82) is 0 Å². The summed E-state index contributed by atoms with van der Waals surface area (Å²) in [6.45, 7) is 2.08. The molecular formula is C19H19NO3S. The molecular weight excluding hydrogens is 322 g/mol. The zero-order valence-corrected chi connectivity index (χ0v) is 14.2. The topological polar surface area (TPSA) is 46.6 Å². The minimum Gasteiger partial charge on any atom is -0.447 e. The highest BCUT2D eigenvalue weighted by molar-refractivity contribution is 8.00. The van der Waals surface area contributed by atoms with Gasteiger partial charge in [0.15, 0.2) is 0 Å². The van der Waals surface area contributed by atoms with Crippen molar-refractivity contribution in [2.75, 3.05) is 6.61 Å². The van der Waals surface area contributed by atoms with Crippen LogP contribution in [0.25, 0.3) is 0 Å². The Hall–Kier alpha value is -2.27. The molecule has 0 radical (unpaired) electrons. The molecule has 0 bridgehead atoms. The van der Waals surface area contributed by atoms with Crippen LogP contribution in [0.15, 0.2) is 65.6 Å². The quantitative estimate of drug-likeness (QED) is 0.777. The molecule has 24 heavy (non-hydrogen) atoms. The molecule has 2 aromatic carbocycles. The molecule has 2 amide bonds. The SMILES string of the molecule is CC(Sc1ccccc1)C(=O)N1C(=O)OC[C@@H]1Cc1ccccc1. The first-order valence-electron chi connectivity index (χ1n) is 7.90. The van der Waals surface area contributed by atoms with Gasteiger partial charge in [-0.25, -0.2) is 9.69 Å². The summed E-state index contributed by atoms with van der Waals surface area (Å²) in [4.78, 5) is 27.1. The molecule has 4 nitrogen and oxygen atoms in total. The third-order valence-electron chi connectivity index (χ3n) is 3.92. The number of nitrogens with zero attached hydrogens (tertiary/aromatic N) is 1. The molecule has 0 aromatic heterocycles. The number of amides is 2. The zero-order valence-electron chi connectivity index (χ0n) is 13.4. The van der Waals surface area contributed by atoms with Crippen molar-refractivity contribution in [3.8, 4) is 0 Å². The van der Waals surface area contributed by atoms with Crippen LogP contribution in [0, 0.1) is 0 Å². The summed E-state index contributed by atoms with van der Waals surface area (Å²) in [7, 11) is 0. The Morgan fingerprint density at radius 1 is 1.17 bits per heavy atom. The number of hydrogen-bond acceptors (Lipinski definition) is 4. The van der Waals surface area contributed by atoms with Gasteiger partial charge in [-0.2, -0.15) is 0 Å². The number of hydrogen-bond donors (Lipinski definition) is 0. The van der Waals surface area contributed by atoms with Gasteiger partial charge in [0.1, 0.15) is 6.61 Å². The average Bonchev–Trinajstić information content (AvgIpc) is 2.96. The van der Waals surface area contributed by atoms with E-state index in [0.29, 0.717) is 6.42 Å². The molecule has 124 valence electrons. The van der Waals surface area contributed by atoms with Crippen molar-refractivity contribution in [1.82, 2.24) is 4.90 Å². The largest absolute Gasteiger partial charge is 0.447 e. The maximum absolute atomic E-state index is 12.8. The number of carbonyl (C=O) groups is 2. The third-order valence-corrected chi connectivity index (χ3v) is 5.02. The Balaban J connectivity index is 1.70. The van der Waals surface area contributed by atoms with Crippen LogP contribution >= 0.6 is 11.8 Å². The van der Waals surface area contributed by atoms with Gasteiger partial charge in [0.2, 0.25) is 5.91 Å². The molecule has 2 aromatic rings. The van der Waals surface area contributed by atoms with Gasteiger partial charge >= 0.3 is 6.09 Å². The first-order chi connectivity index (χ1) is 11.6. The van der Waals surface area contributed by atoms with Gasteiger partial charge in [0, 0.05) is 4.90 Å². The van der Waals surface area contributed by atoms with Crippen LogP contribution in [0.4, 0.5) is 4.79 Å². The highest BCUT2D eigenvalue weighted by Gasteiger charge is 2.39. The highest BCUT2D eigenvalue weighted by atomic mass is 32.2. The van der Waals surface area contributed by atoms with Gasteiger partial charge in [-0.05, 0) is 31.0 Å². The highest BCUT2D eigenvalue weighted by Crippen LogP contribution is 2.27. The summed E-state index contributed by atoms with van der Waals surface area (Å²) >= 11 is 1.45. The van der Waals surface area contributed by atoms with Crippen LogP contribution in [-0.4, -0.2) is 34.8 Å². The number of benzene rings is 2. The van der Waals surface area contributed by atoms with E-state index < -0.39 is 6.09 Å². The Kier molecular flexibility index (Phi) is 5.20. The number of imide groups is 1. The zero-order chi connectivity index (χ0) is 16.9. The molecule has 3 rings (SSSR count). The molecule has 1 aliphatic rings. The van der Waals surface area contributed by atoms with Crippen molar-refractivity contribution < 1.29 is 14.3 Å². The summed E-state index contributed by atoms with van der Waals surface area (Å²) in [6.07, 6.45) is 0.0718. The number of thioether (sulfide) groups is 1. The number of ether oxygens (including phenoxy) is 1. The van der Waals surface area contributed by atoms with Crippen molar-refractivity contribution in [3.63, 3.8) is 0 Å². The number of rotatable bonds is 5. The summed E-state index contributed by atoms with van der Waals surface area (Å²) in [5, 5.41) is -0.351. The Bertz CT molecular complexity index is 705. The van der Waals surface area contributed by atoms with E-state index in [1.807, 2.05) is 67.6 Å². The van der Waals surface area contributed by atoms with Gasteiger partial charge in [0.05, 0.1) is 11.3 Å². The van der Waals surface area contributed by atoms with E-state index in [4.69, 9.17) is 4.74 Å². The summed E-state index contributed by atoms with van der Waals surface area (Å²) in [5.74, 6) is -0.202. The molecule has 1 saturated heterocycles. The summed E-state index contributed by atoms with van der Waals surface area (Å²) in [6, 6.07) is 19.3. The lowest BCUT2D eigenvalue weighted by Crippen LogP contribution is -2.43. The van der Waals surface area contributed by atoms with Gasteiger partial charge < -0.3 is 4.74 Å². The lowest BCUT2D eigenvalue weighted by molar-refractivity contribution is -0.128. The lowest BCUT2D eigenvalue weighted by Gasteiger charge is -2.22. The molecule has 2 atom stereocenters. The monoisotopic (exact) mass is 341 g/mol. The fourth-order valence-electron chi connectivity index (χ4n) is 2.72. The molecule has 0 saturated carbocycles. The Morgan fingerprint density at radius 3 is 2.46 bits per heavy atom. The van der Waals surface area contributed by atoms with Crippen LogP contribution in [0.2, 0.25) is 0 Å². The first kappa shape index (κ1) is 16.6. The molecule has 0 spiro atoms. The molecule has 1 heterocycles. The van der Waals surface area contributed by atoms with Crippen molar-refractivity contribution >= 4 is 23.8 Å². The Morgan fingerprint density at radius 2 is 1.79 bits per heavy atom. The summed E-state index contributed by atoms with van der Waals surface area (Å²) in [5.41, 5.74) is 1.09. The van der Waals surface area contributed by atoms with E-state index >= 15 is 0 Å². The number of carbonyl (C=O) groups excluding carboxylic acids is 2. The van der Waals surface area contributed by atoms with Crippen LogP contribution in [-0.2, 0) is 16.0 Å². The summed E-state index contributed by atoms with van der Waals surface area (Å²) < 4.78 is 5.13. The van der Waals surface area contributed by atoms with Crippen molar-refractivity contribution in [3.05, 3.63) is 66.2 Å².